The van der Waals surface area contributed by atoms with Crippen molar-refractivity contribution in [1.82, 2.24) is 4.57 Å². The van der Waals surface area contributed by atoms with Gasteiger partial charge in [-0.25, -0.2) is 4.79 Å². The van der Waals surface area contributed by atoms with Crippen molar-refractivity contribution in [3.05, 3.63) is 28.6 Å². The summed E-state index contributed by atoms with van der Waals surface area (Å²) in [4.78, 5) is 28.7. The highest BCUT2D eigenvalue weighted by atomic mass is 32.1. The highest BCUT2D eigenvalue weighted by molar-refractivity contribution is 7.16. The Balaban J connectivity index is 2.04. The zero-order valence-electron chi connectivity index (χ0n) is 13.8. The summed E-state index contributed by atoms with van der Waals surface area (Å²) in [5.41, 5.74) is 1.43. The fourth-order valence-corrected chi connectivity index (χ4v) is 3.54. The lowest BCUT2D eigenvalue weighted by molar-refractivity contribution is -0.119. The van der Waals surface area contributed by atoms with E-state index in [4.69, 9.17) is 9.47 Å². The number of carbonyl (C=O) groups excluding carboxylic acids is 2. The molecule has 0 radical (unpaired) electrons. The van der Waals surface area contributed by atoms with Crippen molar-refractivity contribution < 1.29 is 19.1 Å². The summed E-state index contributed by atoms with van der Waals surface area (Å²) in [6, 6.07) is 5.37. The summed E-state index contributed by atoms with van der Waals surface area (Å²) in [6.07, 6.45) is 1.86. The minimum absolute atomic E-state index is 0.0556. The topological polar surface area (TPSA) is 69.9 Å². The van der Waals surface area contributed by atoms with Crippen LogP contribution >= 0.6 is 11.3 Å². The molecule has 1 heterocycles. The molecule has 7 heteroatoms. The molecule has 0 saturated heterocycles. The molecule has 6 nitrogen and oxygen atoms in total. The van der Waals surface area contributed by atoms with Crippen LogP contribution in [0.25, 0.3) is 10.2 Å². The predicted molar refractivity (Wildman–Crippen MR) is 90.9 cm³/mol. The Bertz CT molecular complexity index is 833. The molecule has 1 aliphatic rings. The van der Waals surface area contributed by atoms with E-state index in [1.54, 1.807) is 12.1 Å². The third kappa shape index (κ3) is 3.57. The van der Waals surface area contributed by atoms with Crippen LogP contribution in [0.2, 0.25) is 0 Å². The molecule has 0 bridgehead atoms. The van der Waals surface area contributed by atoms with Crippen LogP contribution in [-0.4, -0.2) is 36.8 Å². The summed E-state index contributed by atoms with van der Waals surface area (Å²) >= 11 is 1.41. The SMILES string of the molecule is CCOCCn1c(=NC(=O)C2CC2)sc2cc(C(=O)OC)ccc21. The molecular weight excluding hydrogens is 328 g/mol. The number of esters is 1. The molecule has 0 spiro atoms. The zero-order valence-corrected chi connectivity index (χ0v) is 14.6. The van der Waals surface area contributed by atoms with Gasteiger partial charge in [0.15, 0.2) is 4.80 Å². The third-order valence-electron chi connectivity index (χ3n) is 3.90. The summed E-state index contributed by atoms with van der Waals surface area (Å²) in [5, 5.41) is 0. The summed E-state index contributed by atoms with van der Waals surface area (Å²) in [7, 11) is 1.36. The van der Waals surface area contributed by atoms with Crippen molar-refractivity contribution in [1.29, 1.82) is 0 Å². The normalized spacial score (nSPS) is 15.0. The number of hydrogen-bond acceptors (Lipinski definition) is 5. The third-order valence-corrected chi connectivity index (χ3v) is 4.94. The number of methoxy groups -OCH3 is 1. The maximum absolute atomic E-state index is 12.1. The van der Waals surface area contributed by atoms with Crippen molar-refractivity contribution in [2.75, 3.05) is 20.3 Å². The fourth-order valence-electron chi connectivity index (χ4n) is 2.44. The zero-order chi connectivity index (χ0) is 17.1. The molecule has 0 aliphatic heterocycles. The maximum atomic E-state index is 12.1. The van der Waals surface area contributed by atoms with Gasteiger partial charge in [-0.2, -0.15) is 4.99 Å². The van der Waals surface area contributed by atoms with Crippen molar-refractivity contribution in [2.45, 2.75) is 26.3 Å². The van der Waals surface area contributed by atoms with Gasteiger partial charge in [0.1, 0.15) is 0 Å². The second-order valence-corrected chi connectivity index (χ2v) is 6.64. The second-order valence-electron chi connectivity index (χ2n) is 5.63. The molecule has 0 unspecified atom stereocenters. The number of benzene rings is 1. The van der Waals surface area contributed by atoms with Crippen LogP contribution in [0.5, 0.6) is 0 Å². The number of nitrogens with zero attached hydrogens (tertiary/aromatic N) is 2. The van der Waals surface area contributed by atoms with E-state index in [9.17, 15) is 9.59 Å². The molecule has 0 N–H and O–H groups in total. The van der Waals surface area contributed by atoms with Gasteiger partial charge in [-0.1, -0.05) is 11.3 Å². The first kappa shape index (κ1) is 16.9. The number of fused-ring (bicyclic) bond motifs is 1. The molecule has 24 heavy (non-hydrogen) atoms. The van der Waals surface area contributed by atoms with Crippen LogP contribution in [-0.2, 0) is 20.8 Å². The molecule has 1 aromatic carbocycles. The van der Waals surface area contributed by atoms with Gasteiger partial charge in [0, 0.05) is 19.1 Å². The van der Waals surface area contributed by atoms with E-state index in [2.05, 4.69) is 4.99 Å². The first-order valence-electron chi connectivity index (χ1n) is 8.02. The number of rotatable bonds is 6. The lowest BCUT2D eigenvalue weighted by atomic mass is 10.2. The highest BCUT2D eigenvalue weighted by Crippen LogP contribution is 2.30. The van der Waals surface area contributed by atoms with Crippen LogP contribution in [0, 0.1) is 5.92 Å². The predicted octanol–water partition coefficient (Wildman–Crippen LogP) is 2.36. The molecule has 1 amide bonds. The van der Waals surface area contributed by atoms with Crippen LogP contribution in [0.1, 0.15) is 30.1 Å². The van der Waals surface area contributed by atoms with Gasteiger partial charge < -0.3 is 14.0 Å². The van der Waals surface area contributed by atoms with E-state index in [1.165, 1.54) is 18.4 Å². The number of amides is 1. The Morgan fingerprint density at radius 1 is 1.38 bits per heavy atom. The first-order valence-corrected chi connectivity index (χ1v) is 8.83. The first-order chi connectivity index (χ1) is 11.6. The second kappa shape index (κ2) is 7.27. The van der Waals surface area contributed by atoms with Crippen molar-refractivity contribution in [3.8, 4) is 0 Å². The number of carbonyl (C=O) groups is 2. The van der Waals surface area contributed by atoms with E-state index in [-0.39, 0.29) is 17.8 Å². The Hall–Kier alpha value is -1.99. The molecule has 1 aromatic heterocycles. The van der Waals surface area contributed by atoms with Gasteiger partial charge in [0.05, 0.1) is 29.5 Å². The Morgan fingerprint density at radius 3 is 2.83 bits per heavy atom. The number of ether oxygens (including phenoxy) is 2. The van der Waals surface area contributed by atoms with E-state index < -0.39 is 0 Å². The number of hydrogen-bond donors (Lipinski definition) is 0. The molecule has 3 rings (SSSR count). The summed E-state index contributed by atoms with van der Waals surface area (Å²) < 4.78 is 13.1. The van der Waals surface area contributed by atoms with Crippen molar-refractivity contribution in [3.63, 3.8) is 0 Å². The quantitative estimate of drug-likeness (QED) is 0.594. The lowest BCUT2D eigenvalue weighted by Crippen LogP contribution is -2.20. The minimum Gasteiger partial charge on any atom is -0.465 e. The molecule has 128 valence electrons. The molecule has 1 aliphatic carbocycles. The standard InChI is InChI=1S/C17H20N2O4S/c1-3-23-9-8-19-13-7-6-12(16(21)22-2)10-14(13)24-17(19)18-15(20)11-4-5-11/h6-7,10-11H,3-5,8-9H2,1-2H3. The molecule has 0 atom stereocenters. The van der Waals surface area contributed by atoms with Gasteiger partial charge in [0.25, 0.3) is 5.91 Å². The van der Waals surface area contributed by atoms with Crippen LogP contribution < -0.4 is 4.80 Å². The smallest absolute Gasteiger partial charge is 0.337 e. The van der Waals surface area contributed by atoms with E-state index >= 15 is 0 Å². The monoisotopic (exact) mass is 348 g/mol. The lowest BCUT2D eigenvalue weighted by Gasteiger charge is -2.06. The largest absolute Gasteiger partial charge is 0.465 e. The van der Waals surface area contributed by atoms with Crippen molar-refractivity contribution >= 4 is 33.4 Å². The molecule has 2 aromatic rings. The van der Waals surface area contributed by atoms with E-state index in [0.29, 0.717) is 30.1 Å². The average Bonchev–Trinajstić information content (AvgIpc) is 3.38. The van der Waals surface area contributed by atoms with Gasteiger partial charge >= 0.3 is 5.97 Å². The maximum Gasteiger partial charge on any atom is 0.337 e. The molecule has 1 fully saturated rings. The van der Waals surface area contributed by atoms with Crippen molar-refractivity contribution in [2.24, 2.45) is 10.9 Å². The number of aromatic nitrogens is 1. The van der Waals surface area contributed by atoms with Gasteiger partial charge in [-0.3, -0.25) is 4.79 Å². The van der Waals surface area contributed by atoms with Crippen LogP contribution in [0.15, 0.2) is 23.2 Å². The fraction of sp³-hybridized carbons (Fsp3) is 0.471. The van der Waals surface area contributed by atoms with Gasteiger partial charge in [-0.15, -0.1) is 0 Å². The van der Waals surface area contributed by atoms with Crippen LogP contribution in [0.4, 0.5) is 0 Å². The Morgan fingerprint density at radius 2 is 2.17 bits per heavy atom. The van der Waals surface area contributed by atoms with E-state index in [1.807, 2.05) is 17.6 Å². The minimum atomic E-state index is -0.376. The Kier molecular flexibility index (Phi) is 5.11. The van der Waals surface area contributed by atoms with E-state index in [0.717, 1.165) is 23.1 Å². The summed E-state index contributed by atoms with van der Waals surface area (Å²) in [6.45, 7) is 3.75. The molecule has 1 saturated carbocycles. The van der Waals surface area contributed by atoms with Crippen LogP contribution in [0.3, 0.4) is 0 Å². The number of thiazole rings is 1. The highest BCUT2D eigenvalue weighted by Gasteiger charge is 2.29. The average molecular weight is 348 g/mol. The van der Waals surface area contributed by atoms with Gasteiger partial charge in [-0.05, 0) is 38.0 Å². The Labute approximate surface area is 143 Å². The summed E-state index contributed by atoms with van der Waals surface area (Å²) in [5.74, 6) is -0.347. The molecular formula is C17H20N2O4S. The van der Waals surface area contributed by atoms with Gasteiger partial charge in [0.2, 0.25) is 0 Å².